The molecule has 0 aromatic heterocycles. The van der Waals surface area contributed by atoms with Crippen LogP contribution < -0.4 is 5.32 Å². The lowest BCUT2D eigenvalue weighted by Crippen LogP contribution is -2.32. The van der Waals surface area contributed by atoms with Crippen LogP contribution >= 0.6 is 0 Å². The van der Waals surface area contributed by atoms with Gasteiger partial charge in [-0.2, -0.15) is 0 Å². The van der Waals surface area contributed by atoms with Gasteiger partial charge in [0.25, 0.3) is 0 Å². The van der Waals surface area contributed by atoms with Crippen molar-refractivity contribution in [3.63, 3.8) is 0 Å². The number of ketones is 1. The number of nitrogens with one attached hydrogen (secondary N) is 1. The van der Waals surface area contributed by atoms with E-state index < -0.39 is 0 Å². The summed E-state index contributed by atoms with van der Waals surface area (Å²) in [6.07, 6.45) is 0.636. The fraction of sp³-hybridized carbons (Fsp3) is 0.900. The first kappa shape index (κ1) is 11.6. The van der Waals surface area contributed by atoms with Gasteiger partial charge in [0, 0.05) is 17.9 Å². The van der Waals surface area contributed by atoms with E-state index in [1.807, 2.05) is 27.7 Å². The summed E-state index contributed by atoms with van der Waals surface area (Å²) in [6, 6.07) is 0.307. The predicted octanol–water partition coefficient (Wildman–Crippen LogP) is 1.99. The summed E-state index contributed by atoms with van der Waals surface area (Å²) in [7, 11) is 0. The molecule has 72 valence electrons. The largest absolute Gasteiger partial charge is 0.314 e. The minimum atomic E-state index is -0.191. The molecule has 0 saturated heterocycles. The van der Waals surface area contributed by atoms with Crippen LogP contribution in [0.5, 0.6) is 0 Å². The lowest BCUT2D eigenvalue weighted by atomic mass is 9.87. The van der Waals surface area contributed by atoms with Gasteiger partial charge >= 0.3 is 0 Å². The highest BCUT2D eigenvalue weighted by Gasteiger charge is 2.22. The Morgan fingerprint density at radius 2 is 1.92 bits per heavy atom. The first-order valence-electron chi connectivity index (χ1n) is 4.64. The summed E-state index contributed by atoms with van der Waals surface area (Å²) >= 11 is 0. The average Bonchev–Trinajstić information content (AvgIpc) is 1.85. The van der Waals surface area contributed by atoms with Gasteiger partial charge in [0.15, 0.2) is 0 Å². The van der Waals surface area contributed by atoms with E-state index in [4.69, 9.17) is 0 Å². The Morgan fingerprint density at radius 1 is 1.42 bits per heavy atom. The zero-order valence-corrected chi connectivity index (χ0v) is 8.90. The van der Waals surface area contributed by atoms with Crippen LogP contribution in [0, 0.1) is 5.41 Å². The maximum absolute atomic E-state index is 11.5. The number of hydrogen-bond donors (Lipinski definition) is 1. The molecule has 0 bridgehead atoms. The van der Waals surface area contributed by atoms with Crippen molar-refractivity contribution >= 4 is 5.78 Å². The van der Waals surface area contributed by atoms with Gasteiger partial charge in [-0.05, 0) is 13.5 Å². The van der Waals surface area contributed by atoms with Gasteiger partial charge < -0.3 is 5.32 Å². The Morgan fingerprint density at radius 3 is 2.25 bits per heavy atom. The molecule has 0 saturated carbocycles. The number of carbonyl (C=O) groups excluding carboxylic acids is 1. The van der Waals surface area contributed by atoms with Crippen molar-refractivity contribution in [1.82, 2.24) is 5.32 Å². The third kappa shape index (κ3) is 4.50. The van der Waals surface area contributed by atoms with Crippen LogP contribution in [0.4, 0.5) is 0 Å². The minimum Gasteiger partial charge on any atom is -0.314 e. The molecule has 1 N–H and O–H groups in total. The van der Waals surface area contributed by atoms with Crippen molar-refractivity contribution in [2.45, 2.75) is 47.1 Å². The van der Waals surface area contributed by atoms with Crippen LogP contribution in [0.1, 0.15) is 41.0 Å². The molecule has 2 heteroatoms. The second-order valence-electron chi connectivity index (χ2n) is 4.34. The Kier molecular flexibility index (Phi) is 4.46. The lowest BCUT2D eigenvalue weighted by molar-refractivity contribution is -0.126. The summed E-state index contributed by atoms with van der Waals surface area (Å²) in [4.78, 5) is 11.5. The Balaban J connectivity index is 3.85. The molecular weight excluding hydrogens is 150 g/mol. The predicted molar refractivity (Wildman–Crippen MR) is 52.2 cm³/mol. The Labute approximate surface area is 75.7 Å². The van der Waals surface area contributed by atoms with E-state index >= 15 is 0 Å². The van der Waals surface area contributed by atoms with Crippen molar-refractivity contribution in [1.29, 1.82) is 0 Å². The van der Waals surface area contributed by atoms with Crippen molar-refractivity contribution in [3.05, 3.63) is 0 Å². The van der Waals surface area contributed by atoms with E-state index in [0.717, 1.165) is 6.54 Å². The quantitative estimate of drug-likeness (QED) is 0.701. The zero-order valence-electron chi connectivity index (χ0n) is 8.90. The van der Waals surface area contributed by atoms with Crippen molar-refractivity contribution < 1.29 is 4.79 Å². The van der Waals surface area contributed by atoms with Gasteiger partial charge in [-0.1, -0.05) is 27.7 Å². The number of hydrogen-bond acceptors (Lipinski definition) is 2. The van der Waals surface area contributed by atoms with Crippen LogP contribution in [0.3, 0.4) is 0 Å². The van der Waals surface area contributed by atoms with E-state index in [-0.39, 0.29) is 5.41 Å². The van der Waals surface area contributed by atoms with Crippen LogP contribution in [-0.4, -0.2) is 18.4 Å². The minimum absolute atomic E-state index is 0.191. The SMILES string of the molecule is CCNC(C)CC(=O)C(C)(C)C. The highest BCUT2D eigenvalue weighted by molar-refractivity contribution is 5.84. The maximum Gasteiger partial charge on any atom is 0.139 e. The second-order valence-corrected chi connectivity index (χ2v) is 4.34. The number of rotatable bonds is 4. The van der Waals surface area contributed by atoms with E-state index in [9.17, 15) is 4.79 Å². The van der Waals surface area contributed by atoms with Crippen LogP contribution in [0.15, 0.2) is 0 Å². The molecule has 0 radical (unpaired) electrons. The van der Waals surface area contributed by atoms with Gasteiger partial charge in [-0.25, -0.2) is 0 Å². The summed E-state index contributed by atoms with van der Waals surface area (Å²) in [5.74, 6) is 0.330. The summed E-state index contributed by atoms with van der Waals surface area (Å²) in [5.41, 5.74) is -0.191. The third-order valence-electron chi connectivity index (χ3n) is 1.88. The molecule has 0 aliphatic heterocycles. The standard InChI is InChI=1S/C10H21NO/c1-6-11-8(2)7-9(12)10(3,4)5/h8,11H,6-7H2,1-5H3. The monoisotopic (exact) mass is 171 g/mol. The second kappa shape index (κ2) is 4.61. The molecule has 0 aromatic carbocycles. The third-order valence-corrected chi connectivity index (χ3v) is 1.88. The smallest absolute Gasteiger partial charge is 0.139 e. The molecule has 0 heterocycles. The average molecular weight is 171 g/mol. The molecule has 1 atom stereocenters. The van der Waals surface area contributed by atoms with Gasteiger partial charge in [0.1, 0.15) is 5.78 Å². The molecule has 0 aromatic rings. The highest BCUT2D eigenvalue weighted by Crippen LogP contribution is 2.17. The Bertz CT molecular complexity index is 146. The first-order chi connectivity index (χ1) is 5.38. The zero-order chi connectivity index (χ0) is 9.78. The molecular formula is C10H21NO. The molecule has 0 fully saturated rings. The van der Waals surface area contributed by atoms with Crippen LogP contribution in [0.2, 0.25) is 0 Å². The molecule has 0 spiro atoms. The van der Waals surface area contributed by atoms with E-state index in [2.05, 4.69) is 12.2 Å². The van der Waals surface area contributed by atoms with Crippen LogP contribution in [-0.2, 0) is 4.79 Å². The highest BCUT2D eigenvalue weighted by atomic mass is 16.1. The van der Waals surface area contributed by atoms with E-state index in [1.165, 1.54) is 0 Å². The van der Waals surface area contributed by atoms with E-state index in [0.29, 0.717) is 18.2 Å². The number of carbonyl (C=O) groups is 1. The summed E-state index contributed by atoms with van der Waals surface area (Å²) in [6.45, 7) is 10.9. The lowest BCUT2D eigenvalue weighted by Gasteiger charge is -2.19. The molecule has 0 aliphatic carbocycles. The fourth-order valence-corrected chi connectivity index (χ4v) is 1.00. The van der Waals surface area contributed by atoms with Gasteiger partial charge in [-0.15, -0.1) is 0 Å². The normalized spacial score (nSPS) is 14.4. The molecule has 0 amide bonds. The van der Waals surface area contributed by atoms with Crippen LogP contribution in [0.25, 0.3) is 0 Å². The molecule has 2 nitrogen and oxygen atoms in total. The maximum atomic E-state index is 11.5. The van der Waals surface area contributed by atoms with Gasteiger partial charge in [-0.3, -0.25) is 4.79 Å². The molecule has 1 unspecified atom stereocenters. The molecule has 0 rings (SSSR count). The van der Waals surface area contributed by atoms with Gasteiger partial charge in [0.05, 0.1) is 0 Å². The van der Waals surface area contributed by atoms with Gasteiger partial charge in [0.2, 0.25) is 0 Å². The Hall–Kier alpha value is -0.370. The summed E-state index contributed by atoms with van der Waals surface area (Å²) in [5, 5.41) is 3.23. The summed E-state index contributed by atoms with van der Waals surface area (Å²) < 4.78 is 0. The van der Waals surface area contributed by atoms with E-state index in [1.54, 1.807) is 0 Å². The molecule has 12 heavy (non-hydrogen) atoms. The molecule has 0 aliphatic rings. The fourth-order valence-electron chi connectivity index (χ4n) is 1.00. The van der Waals surface area contributed by atoms with Crippen molar-refractivity contribution in [2.75, 3.05) is 6.54 Å². The number of Topliss-reactive ketones (excluding diaryl/α,β-unsaturated/α-hetero) is 1. The van der Waals surface area contributed by atoms with Crippen molar-refractivity contribution in [3.8, 4) is 0 Å². The first-order valence-corrected chi connectivity index (χ1v) is 4.64. The van der Waals surface area contributed by atoms with Crippen molar-refractivity contribution in [2.24, 2.45) is 5.41 Å². The topological polar surface area (TPSA) is 29.1 Å².